The Morgan fingerprint density at radius 2 is 1.76 bits per heavy atom. The summed E-state index contributed by atoms with van der Waals surface area (Å²) in [6, 6.07) is 2.80. The molecule has 13 heteroatoms. The molecule has 2 aliphatic rings. The van der Waals surface area contributed by atoms with Crippen LogP contribution < -0.4 is 10.6 Å². The highest BCUT2D eigenvalue weighted by molar-refractivity contribution is 5.97. The molecule has 2 fully saturated rings. The number of carbonyl (C=O) groups is 2. The zero-order valence-electron chi connectivity index (χ0n) is 23.5. The van der Waals surface area contributed by atoms with E-state index in [0.29, 0.717) is 38.5 Å². The Kier molecular flexibility index (Phi) is 8.63. The molecule has 0 spiro atoms. The van der Waals surface area contributed by atoms with E-state index < -0.39 is 11.7 Å². The van der Waals surface area contributed by atoms with Crippen molar-refractivity contribution in [3.05, 3.63) is 35.7 Å². The van der Waals surface area contributed by atoms with E-state index in [1.807, 2.05) is 12.3 Å². The van der Waals surface area contributed by atoms with Gasteiger partial charge in [-0.1, -0.05) is 5.92 Å². The predicted octanol–water partition coefficient (Wildman–Crippen LogP) is 3.40. The number of ketones is 1. The third-order valence-electron chi connectivity index (χ3n) is 7.59. The van der Waals surface area contributed by atoms with Crippen molar-refractivity contribution in [3.63, 3.8) is 0 Å². The van der Waals surface area contributed by atoms with Gasteiger partial charge in [-0.2, -0.15) is 13.2 Å². The van der Waals surface area contributed by atoms with Crippen LogP contribution in [0.4, 0.5) is 24.8 Å². The van der Waals surface area contributed by atoms with E-state index in [1.165, 1.54) is 0 Å². The molecule has 0 atom stereocenters. The number of Topliss-reactive ketones (excluding diaryl/α,β-unsaturated/α-hetero) is 1. The lowest BCUT2D eigenvalue weighted by Gasteiger charge is -2.34. The Bertz CT molecular complexity index is 1530. The van der Waals surface area contributed by atoms with E-state index in [2.05, 4.69) is 36.7 Å². The van der Waals surface area contributed by atoms with Gasteiger partial charge in [-0.3, -0.25) is 14.5 Å². The maximum atomic E-state index is 13.9. The van der Waals surface area contributed by atoms with Crippen LogP contribution in [0.2, 0.25) is 0 Å². The number of piperidine rings is 1. The number of pyridine rings is 1. The third-order valence-corrected chi connectivity index (χ3v) is 7.59. The molecule has 0 bridgehead atoms. The van der Waals surface area contributed by atoms with Gasteiger partial charge in [0.2, 0.25) is 11.7 Å². The average molecular weight is 583 g/mol. The number of anilines is 2. The summed E-state index contributed by atoms with van der Waals surface area (Å²) >= 11 is 0. The molecule has 5 rings (SSSR count). The van der Waals surface area contributed by atoms with Crippen LogP contribution in [0.25, 0.3) is 16.9 Å². The highest BCUT2D eigenvalue weighted by Crippen LogP contribution is 2.37. The SMILES string of the molecule is CC#CC(=O)CCC(=O)N1CCN(Cc2cc3c(N4CCCCC4)nc(-c4cnc(N)cc4C(F)(F)F)nn3c2)CC1. The monoisotopic (exact) mass is 582 g/mol. The van der Waals surface area contributed by atoms with Gasteiger partial charge in [-0.15, -0.1) is 5.10 Å². The fourth-order valence-electron chi connectivity index (χ4n) is 5.45. The van der Waals surface area contributed by atoms with Crippen LogP contribution >= 0.6 is 0 Å². The number of hydrogen-bond donors (Lipinski definition) is 1. The predicted molar refractivity (Wildman–Crippen MR) is 151 cm³/mol. The van der Waals surface area contributed by atoms with Gasteiger partial charge >= 0.3 is 6.18 Å². The summed E-state index contributed by atoms with van der Waals surface area (Å²) in [4.78, 5) is 38.8. The number of hydrogen-bond acceptors (Lipinski definition) is 8. The molecule has 3 aromatic rings. The molecule has 222 valence electrons. The van der Waals surface area contributed by atoms with E-state index in [4.69, 9.17) is 5.73 Å². The Balaban J connectivity index is 1.37. The van der Waals surface area contributed by atoms with Crippen molar-refractivity contribution in [2.45, 2.75) is 51.7 Å². The van der Waals surface area contributed by atoms with Gasteiger partial charge in [0.1, 0.15) is 11.3 Å². The average Bonchev–Trinajstić information content (AvgIpc) is 3.38. The lowest BCUT2D eigenvalue weighted by atomic mass is 10.1. The lowest BCUT2D eigenvalue weighted by molar-refractivity contribution is -0.137. The number of aromatic nitrogens is 4. The van der Waals surface area contributed by atoms with Gasteiger partial charge in [0.25, 0.3) is 0 Å². The summed E-state index contributed by atoms with van der Waals surface area (Å²) in [6.45, 7) is 6.10. The van der Waals surface area contributed by atoms with Crippen molar-refractivity contribution >= 4 is 28.8 Å². The van der Waals surface area contributed by atoms with Crippen LogP contribution in [-0.4, -0.2) is 80.3 Å². The summed E-state index contributed by atoms with van der Waals surface area (Å²) in [7, 11) is 0. The second-order valence-electron chi connectivity index (χ2n) is 10.6. The molecule has 5 heterocycles. The minimum absolute atomic E-state index is 0.0557. The number of nitrogens with zero attached hydrogens (tertiary/aromatic N) is 7. The minimum Gasteiger partial charge on any atom is -0.384 e. The molecule has 2 N–H and O–H groups in total. The molecule has 0 unspecified atom stereocenters. The smallest absolute Gasteiger partial charge is 0.384 e. The zero-order valence-corrected chi connectivity index (χ0v) is 23.5. The Hall–Kier alpha value is -4.18. The highest BCUT2D eigenvalue weighted by Gasteiger charge is 2.35. The fourth-order valence-corrected chi connectivity index (χ4v) is 5.45. The number of nitrogens with two attached hydrogens (primary N) is 1. The third kappa shape index (κ3) is 6.65. The van der Waals surface area contributed by atoms with Gasteiger partial charge in [-0.25, -0.2) is 14.5 Å². The van der Waals surface area contributed by atoms with Crippen molar-refractivity contribution in [1.82, 2.24) is 29.4 Å². The maximum absolute atomic E-state index is 13.9. The van der Waals surface area contributed by atoms with Gasteiger partial charge in [0.05, 0.1) is 11.1 Å². The van der Waals surface area contributed by atoms with E-state index in [9.17, 15) is 22.8 Å². The van der Waals surface area contributed by atoms with E-state index in [-0.39, 0.29) is 41.7 Å². The van der Waals surface area contributed by atoms with Crippen LogP contribution in [-0.2, 0) is 22.3 Å². The molecular weight excluding hydrogens is 549 g/mol. The fraction of sp³-hybridized carbons (Fsp3) is 0.483. The lowest BCUT2D eigenvalue weighted by Crippen LogP contribution is -2.48. The van der Waals surface area contributed by atoms with Crippen LogP contribution in [0.3, 0.4) is 0 Å². The number of amides is 1. The number of rotatable bonds is 7. The first kappa shape index (κ1) is 29.3. The first-order valence-electron chi connectivity index (χ1n) is 14.1. The minimum atomic E-state index is -4.65. The Morgan fingerprint density at radius 1 is 1.02 bits per heavy atom. The summed E-state index contributed by atoms with van der Waals surface area (Å²) in [6.07, 6.45) is 1.56. The number of nitrogen functional groups attached to an aromatic ring is 1. The number of halogens is 3. The molecule has 0 radical (unpaired) electrons. The van der Waals surface area contributed by atoms with Crippen LogP contribution in [0, 0.1) is 11.8 Å². The number of carbonyl (C=O) groups excluding carboxylic acids is 2. The van der Waals surface area contributed by atoms with E-state index >= 15 is 0 Å². The number of alkyl halides is 3. The van der Waals surface area contributed by atoms with Gasteiger partial charge in [0, 0.05) is 71.0 Å². The van der Waals surface area contributed by atoms with Crippen LogP contribution in [0.1, 0.15) is 50.2 Å². The molecule has 2 aliphatic heterocycles. The first-order chi connectivity index (χ1) is 20.1. The van der Waals surface area contributed by atoms with Gasteiger partial charge in [0.15, 0.2) is 11.6 Å². The van der Waals surface area contributed by atoms with Crippen molar-refractivity contribution in [1.29, 1.82) is 0 Å². The zero-order chi connectivity index (χ0) is 29.9. The standard InChI is InChI=1S/C29H33F3N8O2/c1-2-6-21(41)7-8-26(42)38-13-11-37(12-14-38)18-20-15-24-28(39-9-4-3-5-10-39)35-27(36-40(24)19-20)22-17-34-25(33)16-23(22)29(30,31)32/h15-17,19H,3-5,7-14,18H2,1H3,(H2,33,34). The van der Waals surface area contributed by atoms with Gasteiger partial charge < -0.3 is 15.5 Å². The molecule has 1 amide bonds. The molecular formula is C29H33F3N8O2. The number of fused-ring (bicyclic) bond motifs is 1. The van der Waals surface area contributed by atoms with Crippen LogP contribution in [0.5, 0.6) is 0 Å². The van der Waals surface area contributed by atoms with Crippen molar-refractivity contribution in [2.75, 3.05) is 49.9 Å². The summed E-state index contributed by atoms with van der Waals surface area (Å²) in [5.74, 6) is 5.02. The summed E-state index contributed by atoms with van der Waals surface area (Å²) < 4.78 is 43.4. The summed E-state index contributed by atoms with van der Waals surface area (Å²) in [5, 5.41) is 4.49. The summed E-state index contributed by atoms with van der Waals surface area (Å²) in [5.41, 5.74) is 6.09. The Morgan fingerprint density at radius 3 is 2.45 bits per heavy atom. The van der Waals surface area contributed by atoms with E-state index in [1.54, 1.807) is 16.3 Å². The first-order valence-corrected chi connectivity index (χ1v) is 14.1. The maximum Gasteiger partial charge on any atom is 0.417 e. The second kappa shape index (κ2) is 12.4. The second-order valence-corrected chi connectivity index (χ2v) is 10.6. The quantitative estimate of drug-likeness (QED) is 0.333. The molecule has 0 saturated carbocycles. The highest BCUT2D eigenvalue weighted by atomic mass is 19.4. The van der Waals surface area contributed by atoms with E-state index in [0.717, 1.165) is 55.7 Å². The van der Waals surface area contributed by atoms with Gasteiger partial charge in [-0.05, 0) is 49.8 Å². The van der Waals surface area contributed by atoms with Crippen molar-refractivity contribution in [2.24, 2.45) is 0 Å². The normalized spacial score (nSPS) is 16.4. The topological polar surface area (TPSA) is 113 Å². The molecule has 10 nitrogen and oxygen atoms in total. The van der Waals surface area contributed by atoms with Crippen molar-refractivity contribution < 1.29 is 22.8 Å². The largest absolute Gasteiger partial charge is 0.417 e. The number of piperazine rings is 1. The van der Waals surface area contributed by atoms with Crippen LogP contribution in [0.15, 0.2) is 24.5 Å². The molecule has 42 heavy (non-hydrogen) atoms. The molecule has 3 aromatic heterocycles. The Labute approximate surface area is 241 Å². The van der Waals surface area contributed by atoms with Crippen molar-refractivity contribution in [3.8, 4) is 23.2 Å². The molecule has 0 aliphatic carbocycles. The molecule has 0 aromatic carbocycles. The molecule has 2 saturated heterocycles.